The predicted molar refractivity (Wildman–Crippen MR) is 55.9 cm³/mol. The third kappa shape index (κ3) is 5.83. The van der Waals surface area contributed by atoms with Crippen LogP contribution in [-0.2, 0) is 4.74 Å². The molecule has 0 radical (unpaired) electrons. The van der Waals surface area contributed by atoms with Crippen LogP contribution in [0.2, 0.25) is 0 Å². The van der Waals surface area contributed by atoms with E-state index in [1.54, 1.807) is 0 Å². The first-order valence-corrected chi connectivity index (χ1v) is 5.01. The minimum atomic E-state index is -0.0531. The van der Waals surface area contributed by atoms with Gasteiger partial charge in [-0.3, -0.25) is 0 Å². The third-order valence-electron chi connectivity index (χ3n) is 1.93. The summed E-state index contributed by atoms with van der Waals surface area (Å²) in [6.07, 6.45) is 2.65. The molecule has 0 bridgehead atoms. The molecule has 76 valence electrons. The molecule has 0 spiro atoms. The van der Waals surface area contributed by atoms with Crippen molar-refractivity contribution in [2.45, 2.75) is 45.3 Å². The Labute approximate surface area is 81.4 Å². The van der Waals surface area contributed by atoms with Crippen LogP contribution in [0.25, 0.3) is 0 Å². The molecule has 1 fully saturated rings. The van der Waals surface area contributed by atoms with E-state index in [1.807, 2.05) is 0 Å². The summed E-state index contributed by atoms with van der Waals surface area (Å²) in [6.45, 7) is 11.7. The molecule has 0 aliphatic heterocycles. The van der Waals surface area contributed by atoms with Crippen LogP contribution < -0.4 is 5.32 Å². The van der Waals surface area contributed by atoms with Gasteiger partial charge in [0, 0.05) is 12.6 Å². The first-order valence-electron chi connectivity index (χ1n) is 5.01. The van der Waals surface area contributed by atoms with E-state index in [2.05, 4.69) is 32.7 Å². The van der Waals surface area contributed by atoms with Crippen LogP contribution >= 0.6 is 0 Å². The zero-order valence-electron chi connectivity index (χ0n) is 9.02. The SMILES string of the molecule is C=C(CNC1CC1)COC(C)(C)C. The molecule has 1 aliphatic carbocycles. The number of rotatable bonds is 5. The molecule has 0 aromatic rings. The van der Waals surface area contributed by atoms with E-state index in [-0.39, 0.29) is 5.60 Å². The average Bonchev–Trinajstić information content (AvgIpc) is 2.78. The Balaban J connectivity index is 2.03. The number of hydrogen-bond donors (Lipinski definition) is 1. The molecule has 1 aliphatic rings. The van der Waals surface area contributed by atoms with E-state index < -0.39 is 0 Å². The lowest BCUT2D eigenvalue weighted by atomic mass is 10.2. The predicted octanol–water partition coefficient (Wildman–Crippen LogP) is 2.11. The molecular weight excluding hydrogens is 162 g/mol. The second-order valence-electron chi connectivity index (χ2n) is 4.81. The lowest BCUT2D eigenvalue weighted by Crippen LogP contribution is -2.25. The summed E-state index contributed by atoms with van der Waals surface area (Å²) in [5.74, 6) is 0. The monoisotopic (exact) mass is 183 g/mol. The summed E-state index contributed by atoms with van der Waals surface area (Å²) in [4.78, 5) is 0. The van der Waals surface area contributed by atoms with Gasteiger partial charge in [-0.05, 0) is 39.2 Å². The second kappa shape index (κ2) is 4.25. The van der Waals surface area contributed by atoms with E-state index in [1.165, 1.54) is 12.8 Å². The van der Waals surface area contributed by atoms with Gasteiger partial charge >= 0.3 is 0 Å². The highest BCUT2D eigenvalue weighted by molar-refractivity contribution is 4.99. The average molecular weight is 183 g/mol. The molecule has 0 aromatic heterocycles. The van der Waals surface area contributed by atoms with Gasteiger partial charge in [-0.15, -0.1) is 0 Å². The van der Waals surface area contributed by atoms with Gasteiger partial charge in [0.1, 0.15) is 0 Å². The van der Waals surface area contributed by atoms with Crippen molar-refractivity contribution in [2.24, 2.45) is 0 Å². The van der Waals surface area contributed by atoms with E-state index >= 15 is 0 Å². The minimum Gasteiger partial charge on any atom is -0.371 e. The summed E-state index contributed by atoms with van der Waals surface area (Å²) in [5, 5.41) is 3.41. The van der Waals surface area contributed by atoms with Crippen LogP contribution in [0.5, 0.6) is 0 Å². The number of hydrogen-bond acceptors (Lipinski definition) is 2. The molecule has 0 saturated heterocycles. The van der Waals surface area contributed by atoms with Gasteiger partial charge in [-0.2, -0.15) is 0 Å². The van der Waals surface area contributed by atoms with Crippen molar-refractivity contribution in [3.63, 3.8) is 0 Å². The van der Waals surface area contributed by atoms with Gasteiger partial charge in [0.25, 0.3) is 0 Å². The topological polar surface area (TPSA) is 21.3 Å². The number of ether oxygens (including phenoxy) is 1. The van der Waals surface area contributed by atoms with Crippen LogP contribution in [0.4, 0.5) is 0 Å². The Morgan fingerprint density at radius 3 is 2.54 bits per heavy atom. The van der Waals surface area contributed by atoms with Crippen LogP contribution in [0.15, 0.2) is 12.2 Å². The van der Waals surface area contributed by atoms with Crippen molar-refractivity contribution in [3.8, 4) is 0 Å². The van der Waals surface area contributed by atoms with Crippen molar-refractivity contribution in [1.29, 1.82) is 0 Å². The first-order chi connectivity index (χ1) is 5.97. The van der Waals surface area contributed by atoms with Crippen molar-refractivity contribution in [2.75, 3.05) is 13.2 Å². The van der Waals surface area contributed by atoms with Gasteiger partial charge in [0.2, 0.25) is 0 Å². The summed E-state index contributed by atoms with van der Waals surface area (Å²) < 4.78 is 5.60. The molecule has 0 unspecified atom stereocenters. The summed E-state index contributed by atoms with van der Waals surface area (Å²) >= 11 is 0. The Morgan fingerprint density at radius 1 is 1.46 bits per heavy atom. The standard InChI is InChI=1S/C11H21NO/c1-9(7-12-10-5-6-10)8-13-11(2,3)4/h10,12H,1,5-8H2,2-4H3. The Kier molecular flexibility index (Phi) is 3.51. The van der Waals surface area contributed by atoms with E-state index in [9.17, 15) is 0 Å². The van der Waals surface area contributed by atoms with Gasteiger partial charge < -0.3 is 10.1 Å². The quantitative estimate of drug-likeness (QED) is 0.659. The highest BCUT2D eigenvalue weighted by Crippen LogP contribution is 2.18. The van der Waals surface area contributed by atoms with Gasteiger partial charge in [0.15, 0.2) is 0 Å². The maximum absolute atomic E-state index is 5.60. The lowest BCUT2D eigenvalue weighted by Gasteiger charge is -2.20. The van der Waals surface area contributed by atoms with Crippen LogP contribution in [-0.4, -0.2) is 24.8 Å². The zero-order chi connectivity index (χ0) is 9.90. The van der Waals surface area contributed by atoms with Crippen molar-refractivity contribution >= 4 is 0 Å². The van der Waals surface area contributed by atoms with E-state index in [4.69, 9.17) is 4.74 Å². The van der Waals surface area contributed by atoms with Gasteiger partial charge in [-0.25, -0.2) is 0 Å². The fourth-order valence-electron chi connectivity index (χ4n) is 0.946. The Morgan fingerprint density at radius 2 is 2.08 bits per heavy atom. The van der Waals surface area contributed by atoms with E-state index in [0.717, 1.165) is 18.2 Å². The molecule has 1 N–H and O–H groups in total. The van der Waals surface area contributed by atoms with E-state index in [0.29, 0.717) is 6.61 Å². The fraction of sp³-hybridized carbons (Fsp3) is 0.818. The van der Waals surface area contributed by atoms with Crippen LogP contribution in [0.1, 0.15) is 33.6 Å². The molecule has 1 saturated carbocycles. The van der Waals surface area contributed by atoms with Crippen LogP contribution in [0, 0.1) is 0 Å². The van der Waals surface area contributed by atoms with Gasteiger partial charge in [-0.1, -0.05) is 6.58 Å². The van der Waals surface area contributed by atoms with Crippen molar-refractivity contribution in [1.82, 2.24) is 5.32 Å². The smallest absolute Gasteiger partial charge is 0.0693 e. The Hall–Kier alpha value is -0.340. The summed E-state index contributed by atoms with van der Waals surface area (Å²) in [5.41, 5.74) is 1.09. The summed E-state index contributed by atoms with van der Waals surface area (Å²) in [7, 11) is 0. The lowest BCUT2D eigenvalue weighted by molar-refractivity contribution is 0.0106. The molecule has 0 aromatic carbocycles. The molecule has 13 heavy (non-hydrogen) atoms. The summed E-state index contributed by atoms with van der Waals surface area (Å²) in [6, 6.07) is 0.756. The second-order valence-corrected chi connectivity index (χ2v) is 4.81. The third-order valence-corrected chi connectivity index (χ3v) is 1.93. The Bertz CT molecular complexity index is 177. The molecule has 2 heteroatoms. The zero-order valence-corrected chi connectivity index (χ0v) is 9.02. The number of nitrogens with one attached hydrogen (secondary N) is 1. The molecule has 0 atom stereocenters. The highest BCUT2D eigenvalue weighted by Gasteiger charge is 2.20. The normalized spacial score (nSPS) is 17.5. The largest absolute Gasteiger partial charge is 0.371 e. The fourth-order valence-corrected chi connectivity index (χ4v) is 0.946. The maximum atomic E-state index is 5.60. The molecule has 2 nitrogen and oxygen atoms in total. The molecule has 0 amide bonds. The van der Waals surface area contributed by atoms with Gasteiger partial charge in [0.05, 0.1) is 12.2 Å². The first kappa shape index (κ1) is 10.7. The molecule has 0 heterocycles. The van der Waals surface area contributed by atoms with Crippen molar-refractivity contribution < 1.29 is 4.74 Å². The molecule has 1 rings (SSSR count). The highest BCUT2D eigenvalue weighted by atomic mass is 16.5. The van der Waals surface area contributed by atoms with Crippen molar-refractivity contribution in [3.05, 3.63) is 12.2 Å². The maximum Gasteiger partial charge on any atom is 0.0693 e. The van der Waals surface area contributed by atoms with Crippen LogP contribution in [0.3, 0.4) is 0 Å². The molecular formula is C11H21NO. The minimum absolute atomic E-state index is 0.0531.